The van der Waals surface area contributed by atoms with Gasteiger partial charge in [-0.15, -0.1) is 0 Å². The van der Waals surface area contributed by atoms with Gasteiger partial charge in [0.15, 0.2) is 0 Å². The van der Waals surface area contributed by atoms with Crippen LogP contribution in [0.5, 0.6) is 0 Å². The molecule has 0 spiro atoms. The van der Waals surface area contributed by atoms with Crippen LogP contribution >= 0.6 is 0 Å². The number of aliphatic hydroxyl groups is 1. The molecular formula is C14H21N3O. The third-order valence-corrected chi connectivity index (χ3v) is 3.14. The van der Waals surface area contributed by atoms with E-state index in [4.69, 9.17) is 5.11 Å². The summed E-state index contributed by atoms with van der Waals surface area (Å²) < 4.78 is 0. The summed E-state index contributed by atoms with van der Waals surface area (Å²) in [6, 6.07) is 8.46. The van der Waals surface area contributed by atoms with Gasteiger partial charge >= 0.3 is 0 Å². The van der Waals surface area contributed by atoms with E-state index < -0.39 is 0 Å². The van der Waals surface area contributed by atoms with Crippen molar-refractivity contribution in [3.8, 4) is 0 Å². The maximum absolute atomic E-state index is 8.60. The average Bonchev–Trinajstić information content (AvgIpc) is 2.45. The molecular weight excluding hydrogens is 226 g/mol. The SMILES string of the molecule is OCCNN=Cc1ccc(N2CCCCC2)cc1. The highest BCUT2D eigenvalue weighted by Gasteiger charge is 2.09. The summed E-state index contributed by atoms with van der Waals surface area (Å²) in [6.07, 6.45) is 5.73. The van der Waals surface area contributed by atoms with Crippen molar-refractivity contribution < 1.29 is 5.11 Å². The van der Waals surface area contributed by atoms with Gasteiger partial charge in [0.1, 0.15) is 0 Å². The molecule has 0 aromatic heterocycles. The van der Waals surface area contributed by atoms with Crippen LogP contribution in [0.4, 0.5) is 5.69 Å². The Balaban J connectivity index is 1.90. The molecule has 0 unspecified atom stereocenters. The first kappa shape index (κ1) is 12.9. The number of hydrogen-bond donors (Lipinski definition) is 2. The summed E-state index contributed by atoms with van der Waals surface area (Å²) in [5.74, 6) is 0. The fraction of sp³-hybridized carbons (Fsp3) is 0.500. The van der Waals surface area contributed by atoms with E-state index in [1.165, 1.54) is 38.0 Å². The first-order chi connectivity index (χ1) is 8.90. The summed E-state index contributed by atoms with van der Waals surface area (Å²) in [7, 11) is 0. The molecule has 1 fully saturated rings. The Labute approximate surface area is 108 Å². The van der Waals surface area contributed by atoms with E-state index in [9.17, 15) is 0 Å². The van der Waals surface area contributed by atoms with Crippen LogP contribution in [0.1, 0.15) is 24.8 Å². The predicted molar refractivity (Wildman–Crippen MR) is 75.2 cm³/mol. The largest absolute Gasteiger partial charge is 0.394 e. The number of aliphatic hydroxyl groups excluding tert-OH is 1. The maximum atomic E-state index is 8.60. The molecule has 1 aliphatic heterocycles. The summed E-state index contributed by atoms with van der Waals surface area (Å²) in [5, 5.41) is 12.6. The Bertz CT molecular complexity index is 369. The van der Waals surface area contributed by atoms with Crippen molar-refractivity contribution in [1.82, 2.24) is 5.43 Å². The molecule has 0 bridgehead atoms. The zero-order valence-corrected chi connectivity index (χ0v) is 10.7. The Morgan fingerprint density at radius 1 is 1.17 bits per heavy atom. The molecule has 2 N–H and O–H groups in total. The summed E-state index contributed by atoms with van der Waals surface area (Å²) in [5.41, 5.74) is 5.14. The van der Waals surface area contributed by atoms with Crippen molar-refractivity contribution in [2.75, 3.05) is 31.1 Å². The highest BCUT2D eigenvalue weighted by Crippen LogP contribution is 2.19. The van der Waals surface area contributed by atoms with E-state index in [1.807, 2.05) is 0 Å². The molecule has 98 valence electrons. The van der Waals surface area contributed by atoms with Gasteiger partial charge in [-0.2, -0.15) is 5.10 Å². The van der Waals surface area contributed by atoms with Crippen LogP contribution in [0.15, 0.2) is 29.4 Å². The van der Waals surface area contributed by atoms with Gasteiger partial charge in [0.25, 0.3) is 0 Å². The molecule has 0 radical (unpaired) electrons. The molecule has 0 saturated carbocycles. The number of benzene rings is 1. The molecule has 0 atom stereocenters. The van der Waals surface area contributed by atoms with Crippen LogP contribution < -0.4 is 10.3 Å². The molecule has 1 saturated heterocycles. The molecule has 18 heavy (non-hydrogen) atoms. The van der Waals surface area contributed by atoms with E-state index in [1.54, 1.807) is 6.21 Å². The lowest BCUT2D eigenvalue weighted by Crippen LogP contribution is -2.29. The van der Waals surface area contributed by atoms with Gasteiger partial charge in [0.05, 0.1) is 19.4 Å². The van der Waals surface area contributed by atoms with Gasteiger partial charge < -0.3 is 15.4 Å². The highest BCUT2D eigenvalue weighted by molar-refractivity contribution is 5.80. The Hall–Kier alpha value is -1.55. The Kier molecular flexibility index (Phi) is 5.02. The Morgan fingerprint density at radius 2 is 1.89 bits per heavy atom. The number of hydrazone groups is 1. The first-order valence-electron chi connectivity index (χ1n) is 6.62. The minimum atomic E-state index is 0.102. The zero-order chi connectivity index (χ0) is 12.6. The molecule has 1 aromatic carbocycles. The van der Waals surface area contributed by atoms with E-state index in [0.717, 1.165) is 5.56 Å². The topological polar surface area (TPSA) is 47.9 Å². The number of piperidine rings is 1. The lowest BCUT2D eigenvalue weighted by molar-refractivity contribution is 0.294. The standard InChI is InChI=1S/C14H21N3O/c18-11-8-15-16-12-13-4-6-14(7-5-13)17-9-2-1-3-10-17/h4-7,12,15,18H,1-3,8-11H2. The second kappa shape index (κ2) is 7.01. The van der Waals surface area contributed by atoms with Crippen molar-refractivity contribution in [2.45, 2.75) is 19.3 Å². The second-order valence-electron chi connectivity index (χ2n) is 4.53. The van der Waals surface area contributed by atoms with Gasteiger partial charge in [-0.3, -0.25) is 0 Å². The summed E-state index contributed by atoms with van der Waals surface area (Å²) in [6.45, 7) is 2.94. The molecule has 1 aliphatic rings. The molecule has 2 rings (SSSR count). The lowest BCUT2D eigenvalue weighted by Gasteiger charge is -2.28. The van der Waals surface area contributed by atoms with Crippen molar-refractivity contribution in [3.63, 3.8) is 0 Å². The van der Waals surface area contributed by atoms with Gasteiger partial charge in [-0.25, -0.2) is 0 Å². The lowest BCUT2D eigenvalue weighted by atomic mass is 10.1. The number of nitrogens with one attached hydrogen (secondary N) is 1. The van der Waals surface area contributed by atoms with Crippen molar-refractivity contribution in [3.05, 3.63) is 29.8 Å². The minimum Gasteiger partial charge on any atom is -0.394 e. The van der Waals surface area contributed by atoms with Gasteiger partial charge in [0.2, 0.25) is 0 Å². The van der Waals surface area contributed by atoms with E-state index in [0.29, 0.717) is 6.54 Å². The third kappa shape index (κ3) is 3.74. The first-order valence-corrected chi connectivity index (χ1v) is 6.62. The highest BCUT2D eigenvalue weighted by atomic mass is 16.3. The molecule has 4 nitrogen and oxygen atoms in total. The predicted octanol–water partition coefficient (Wildman–Crippen LogP) is 1.59. The number of nitrogens with zero attached hydrogens (tertiary/aromatic N) is 2. The number of hydrogen-bond acceptors (Lipinski definition) is 4. The van der Waals surface area contributed by atoms with Gasteiger partial charge in [-0.1, -0.05) is 12.1 Å². The molecule has 0 aliphatic carbocycles. The summed E-state index contributed by atoms with van der Waals surface area (Å²) in [4.78, 5) is 2.44. The minimum absolute atomic E-state index is 0.102. The van der Waals surface area contributed by atoms with E-state index in [2.05, 4.69) is 39.7 Å². The van der Waals surface area contributed by atoms with Gasteiger partial charge in [-0.05, 0) is 37.0 Å². The average molecular weight is 247 g/mol. The fourth-order valence-electron chi connectivity index (χ4n) is 2.16. The summed E-state index contributed by atoms with van der Waals surface area (Å²) >= 11 is 0. The second-order valence-corrected chi connectivity index (χ2v) is 4.53. The van der Waals surface area contributed by atoms with Crippen LogP contribution in [0.25, 0.3) is 0 Å². The molecule has 1 aromatic rings. The third-order valence-electron chi connectivity index (χ3n) is 3.14. The molecule has 0 amide bonds. The van der Waals surface area contributed by atoms with Crippen molar-refractivity contribution in [2.24, 2.45) is 5.10 Å². The van der Waals surface area contributed by atoms with E-state index in [-0.39, 0.29) is 6.61 Å². The fourth-order valence-corrected chi connectivity index (χ4v) is 2.16. The monoisotopic (exact) mass is 247 g/mol. The van der Waals surface area contributed by atoms with Crippen molar-refractivity contribution in [1.29, 1.82) is 0 Å². The van der Waals surface area contributed by atoms with E-state index >= 15 is 0 Å². The smallest absolute Gasteiger partial charge is 0.0620 e. The Morgan fingerprint density at radius 3 is 2.56 bits per heavy atom. The molecule has 1 heterocycles. The maximum Gasteiger partial charge on any atom is 0.0620 e. The van der Waals surface area contributed by atoms with Gasteiger partial charge in [0, 0.05) is 18.8 Å². The van der Waals surface area contributed by atoms with Crippen LogP contribution in [0.2, 0.25) is 0 Å². The molecule has 4 heteroatoms. The van der Waals surface area contributed by atoms with Crippen LogP contribution in [0.3, 0.4) is 0 Å². The van der Waals surface area contributed by atoms with Crippen LogP contribution in [-0.4, -0.2) is 37.6 Å². The normalized spacial score (nSPS) is 16.2. The van der Waals surface area contributed by atoms with Crippen molar-refractivity contribution >= 4 is 11.9 Å². The van der Waals surface area contributed by atoms with Crippen LogP contribution in [0, 0.1) is 0 Å². The number of rotatable bonds is 5. The number of anilines is 1. The van der Waals surface area contributed by atoms with Crippen LogP contribution in [-0.2, 0) is 0 Å². The quantitative estimate of drug-likeness (QED) is 0.472. The zero-order valence-electron chi connectivity index (χ0n) is 10.7.